The molecule has 0 fully saturated rings. The van der Waals surface area contributed by atoms with E-state index in [1.165, 1.54) is 7.69 Å². The van der Waals surface area contributed by atoms with E-state index in [1.807, 2.05) is 57.2 Å². The maximum Gasteiger partial charge on any atom is 0.572 e. The molecule has 0 rings (SSSR count). The van der Waals surface area contributed by atoms with Gasteiger partial charge < -0.3 is 9.31 Å². The Morgan fingerprint density at radius 1 is 1.37 bits per heavy atom. The second-order valence-electron chi connectivity index (χ2n) is 3.84. The maximum absolute atomic E-state index is 5.99. The van der Waals surface area contributed by atoms with Gasteiger partial charge in [-0.25, -0.2) is 0 Å². The second-order valence-corrected chi connectivity index (χ2v) is 3.84. The van der Waals surface area contributed by atoms with Gasteiger partial charge in [0.15, 0.2) is 0 Å². The van der Waals surface area contributed by atoms with Crippen molar-refractivity contribution < 1.29 is 9.31 Å². The Labute approximate surface area is 119 Å². The van der Waals surface area contributed by atoms with Gasteiger partial charge in [0.1, 0.15) is 0 Å². The van der Waals surface area contributed by atoms with Crippen molar-refractivity contribution >= 4 is 15.5 Å². The van der Waals surface area contributed by atoms with Crippen molar-refractivity contribution in [1.82, 2.24) is 0 Å². The lowest BCUT2D eigenvalue weighted by Crippen LogP contribution is -2.10. The van der Waals surface area contributed by atoms with Crippen molar-refractivity contribution in [3.63, 3.8) is 0 Å². The van der Waals surface area contributed by atoms with E-state index in [1.54, 1.807) is 6.08 Å². The zero-order chi connectivity index (χ0) is 14.5. The van der Waals surface area contributed by atoms with Crippen molar-refractivity contribution in [2.24, 2.45) is 0 Å². The number of hydrogen-bond acceptors (Lipinski definition) is 2. The molecule has 3 radical (unpaired) electrons. The molecule has 4 heteroatoms. The predicted molar refractivity (Wildman–Crippen MR) is 84.0 cm³/mol. The van der Waals surface area contributed by atoms with E-state index in [-0.39, 0.29) is 5.82 Å². The zero-order valence-corrected chi connectivity index (χ0v) is 12.0. The fourth-order valence-electron chi connectivity index (χ4n) is 1.23. The molecule has 2 nitrogen and oxygen atoms in total. The first-order chi connectivity index (χ1) is 9.15. The van der Waals surface area contributed by atoms with Crippen molar-refractivity contribution in [1.29, 1.82) is 0 Å². The van der Waals surface area contributed by atoms with E-state index in [2.05, 4.69) is 6.58 Å². The second kappa shape index (κ2) is 11.7. The summed E-state index contributed by atoms with van der Waals surface area (Å²) in [6.07, 6.45) is 13.1. The quantitative estimate of drug-likeness (QED) is 0.271. The first-order valence-corrected chi connectivity index (χ1v) is 6.26. The molecule has 0 bridgehead atoms. The third-order valence-electron chi connectivity index (χ3n) is 2.29. The Morgan fingerprint density at radius 3 is 2.68 bits per heavy atom. The summed E-state index contributed by atoms with van der Waals surface area (Å²) in [6.45, 7) is 9.71. The van der Waals surface area contributed by atoms with E-state index in [9.17, 15) is 0 Å². The molecule has 0 aliphatic carbocycles. The lowest BCUT2D eigenvalue weighted by molar-refractivity contribution is 0.265. The zero-order valence-electron chi connectivity index (χ0n) is 12.0. The van der Waals surface area contributed by atoms with Crippen LogP contribution in [0.5, 0.6) is 0 Å². The molecule has 0 aliphatic rings. The van der Waals surface area contributed by atoms with Crippen LogP contribution in [0.25, 0.3) is 0 Å². The monoisotopic (exact) mass is 255 g/mol. The number of allylic oxidation sites excluding steroid dienone is 8. The first kappa shape index (κ1) is 17.6. The van der Waals surface area contributed by atoms with Crippen molar-refractivity contribution in [2.75, 3.05) is 6.61 Å². The van der Waals surface area contributed by atoms with Crippen molar-refractivity contribution in [3.8, 4) is 0 Å². The molecule has 0 saturated heterocycles. The van der Waals surface area contributed by atoms with E-state index >= 15 is 0 Å². The summed E-state index contributed by atoms with van der Waals surface area (Å²) in [5.41, 5.74) is 0.995. The highest BCUT2D eigenvalue weighted by molar-refractivity contribution is 6.19. The molecule has 0 aromatic carbocycles. The molecule has 1 atom stereocenters. The Hall–Kier alpha value is -1.41. The smallest absolute Gasteiger partial charge is 0.541 e. The highest BCUT2D eigenvalue weighted by atomic mass is 16.6. The van der Waals surface area contributed by atoms with Crippen LogP contribution in [0.3, 0.4) is 0 Å². The fraction of sp³-hybridized carbons (Fsp3) is 0.333. The standard InChI is InChI=1S/C15H21B2O2/c1-5-8-10-13(4)19-17-18-12-15(16)14(7-3)11-9-6-2/h5-11,15H,2,12H2,1,3-4H3/b8-5-,11-9-,13-10+,14-7+. The SMILES string of the molecule is [B]C(CO[B]O/C(C)=C/C=C\C)C(/C=C\C=C)=C/C. The van der Waals surface area contributed by atoms with Crippen molar-refractivity contribution in [3.05, 3.63) is 60.4 Å². The largest absolute Gasteiger partial charge is 0.572 e. The molecule has 0 saturated carbocycles. The normalized spacial score (nSPS) is 14.9. The van der Waals surface area contributed by atoms with E-state index in [4.69, 9.17) is 17.2 Å². The molecule has 0 spiro atoms. The van der Waals surface area contributed by atoms with Crippen LogP contribution >= 0.6 is 0 Å². The van der Waals surface area contributed by atoms with Gasteiger partial charge in [-0.3, -0.25) is 0 Å². The summed E-state index contributed by atoms with van der Waals surface area (Å²) in [5.74, 6) is 0.561. The van der Waals surface area contributed by atoms with E-state index < -0.39 is 0 Å². The van der Waals surface area contributed by atoms with Crippen LogP contribution in [-0.4, -0.2) is 22.1 Å². The maximum atomic E-state index is 5.99. The van der Waals surface area contributed by atoms with Gasteiger partial charge >= 0.3 is 7.69 Å². The predicted octanol–water partition coefficient (Wildman–Crippen LogP) is 3.68. The Kier molecular flexibility index (Phi) is 10.8. The molecule has 0 aromatic rings. The van der Waals surface area contributed by atoms with Gasteiger partial charge in [0.05, 0.1) is 13.6 Å². The Morgan fingerprint density at radius 2 is 2.11 bits per heavy atom. The third kappa shape index (κ3) is 9.20. The van der Waals surface area contributed by atoms with Crippen LogP contribution in [-0.2, 0) is 9.31 Å². The lowest BCUT2D eigenvalue weighted by atomic mass is 9.81. The van der Waals surface area contributed by atoms with E-state index in [0.29, 0.717) is 6.61 Å². The molecule has 0 heterocycles. The summed E-state index contributed by atoms with van der Waals surface area (Å²) in [5, 5.41) is 0. The summed E-state index contributed by atoms with van der Waals surface area (Å²) < 4.78 is 10.5. The van der Waals surface area contributed by atoms with Crippen molar-refractivity contribution in [2.45, 2.75) is 26.6 Å². The van der Waals surface area contributed by atoms with Crippen LogP contribution in [0.1, 0.15) is 20.8 Å². The van der Waals surface area contributed by atoms with Gasteiger partial charge in [-0.05, 0) is 32.7 Å². The average Bonchev–Trinajstić information content (AvgIpc) is 2.42. The molecule has 0 amide bonds. The molecule has 0 aliphatic heterocycles. The third-order valence-corrected chi connectivity index (χ3v) is 2.29. The van der Waals surface area contributed by atoms with Crippen LogP contribution in [0, 0.1) is 0 Å². The minimum Gasteiger partial charge on any atom is -0.541 e. The van der Waals surface area contributed by atoms with Crippen LogP contribution in [0.2, 0.25) is 5.82 Å². The Balaban J connectivity index is 4.00. The van der Waals surface area contributed by atoms with Crippen LogP contribution < -0.4 is 0 Å². The average molecular weight is 255 g/mol. The molecule has 99 valence electrons. The number of hydrogen-bond donors (Lipinski definition) is 0. The Bertz CT molecular complexity index is 368. The highest BCUT2D eigenvalue weighted by Crippen LogP contribution is 2.15. The molecular weight excluding hydrogens is 234 g/mol. The molecule has 19 heavy (non-hydrogen) atoms. The molecular formula is C15H21B2O2. The molecule has 1 unspecified atom stereocenters. The van der Waals surface area contributed by atoms with Crippen LogP contribution in [0.4, 0.5) is 0 Å². The minimum atomic E-state index is -0.194. The van der Waals surface area contributed by atoms with Gasteiger partial charge in [0, 0.05) is 6.61 Å². The number of rotatable bonds is 9. The highest BCUT2D eigenvalue weighted by Gasteiger charge is 2.06. The summed E-state index contributed by atoms with van der Waals surface area (Å²) in [7, 11) is 7.29. The molecule has 0 N–H and O–H groups in total. The summed E-state index contributed by atoms with van der Waals surface area (Å²) >= 11 is 0. The van der Waals surface area contributed by atoms with Crippen LogP contribution in [0.15, 0.2) is 60.4 Å². The van der Waals surface area contributed by atoms with Gasteiger partial charge in [0.2, 0.25) is 0 Å². The first-order valence-electron chi connectivity index (χ1n) is 6.26. The van der Waals surface area contributed by atoms with Gasteiger partial charge in [-0.15, -0.1) is 0 Å². The fourth-order valence-corrected chi connectivity index (χ4v) is 1.23. The van der Waals surface area contributed by atoms with Gasteiger partial charge in [-0.2, -0.15) is 0 Å². The van der Waals surface area contributed by atoms with E-state index in [0.717, 1.165) is 11.3 Å². The summed E-state index contributed by atoms with van der Waals surface area (Å²) in [4.78, 5) is 0. The minimum absolute atomic E-state index is 0.194. The van der Waals surface area contributed by atoms with Gasteiger partial charge in [0.25, 0.3) is 0 Å². The van der Waals surface area contributed by atoms with Gasteiger partial charge in [-0.1, -0.05) is 48.6 Å². The molecule has 0 aromatic heterocycles. The summed E-state index contributed by atoms with van der Waals surface area (Å²) in [6, 6.07) is 0. The lowest BCUT2D eigenvalue weighted by Gasteiger charge is -2.13. The topological polar surface area (TPSA) is 18.5 Å².